The standard InChI is InChI=1S/C7H12ClNO/c1-7(10)5-9(6-7)4-2-3-8/h2-3,10H,4-6H2,1H3/b3-2+. The van der Waals surface area contributed by atoms with E-state index in [4.69, 9.17) is 11.6 Å². The summed E-state index contributed by atoms with van der Waals surface area (Å²) < 4.78 is 0. The molecule has 0 amide bonds. The average molecular weight is 162 g/mol. The van der Waals surface area contributed by atoms with Gasteiger partial charge in [-0.15, -0.1) is 0 Å². The van der Waals surface area contributed by atoms with Gasteiger partial charge in [-0.05, 0) is 6.92 Å². The van der Waals surface area contributed by atoms with Crippen LogP contribution in [0, 0.1) is 0 Å². The fourth-order valence-corrected chi connectivity index (χ4v) is 1.31. The van der Waals surface area contributed by atoms with Crippen LogP contribution in [0.2, 0.25) is 0 Å². The minimum Gasteiger partial charge on any atom is -0.388 e. The minimum atomic E-state index is -0.458. The summed E-state index contributed by atoms with van der Waals surface area (Å²) in [5.41, 5.74) is 1.05. The van der Waals surface area contributed by atoms with E-state index in [1.54, 1.807) is 0 Å². The zero-order chi connectivity index (χ0) is 7.61. The molecule has 1 rings (SSSR count). The number of rotatable bonds is 2. The second kappa shape index (κ2) is 2.91. The Kier molecular flexibility index (Phi) is 2.34. The number of hydrogen-bond donors (Lipinski definition) is 1. The van der Waals surface area contributed by atoms with Crippen LogP contribution < -0.4 is 0 Å². The van der Waals surface area contributed by atoms with Crippen molar-refractivity contribution in [1.82, 2.24) is 4.90 Å². The quantitative estimate of drug-likeness (QED) is 0.648. The molecule has 1 aliphatic heterocycles. The second-order valence-electron chi connectivity index (χ2n) is 3.03. The van der Waals surface area contributed by atoms with E-state index >= 15 is 0 Å². The van der Waals surface area contributed by atoms with E-state index in [-0.39, 0.29) is 0 Å². The Bertz CT molecular complexity index is 137. The summed E-state index contributed by atoms with van der Waals surface area (Å²) in [4.78, 5) is 2.12. The summed E-state index contributed by atoms with van der Waals surface area (Å²) in [6.45, 7) is 4.20. The van der Waals surface area contributed by atoms with Gasteiger partial charge in [0.25, 0.3) is 0 Å². The van der Waals surface area contributed by atoms with E-state index < -0.39 is 5.60 Å². The zero-order valence-electron chi connectivity index (χ0n) is 6.05. The lowest BCUT2D eigenvalue weighted by Gasteiger charge is -2.43. The van der Waals surface area contributed by atoms with Crippen molar-refractivity contribution in [3.63, 3.8) is 0 Å². The Hall–Kier alpha value is -0.0500. The summed E-state index contributed by atoms with van der Waals surface area (Å²) in [5, 5.41) is 9.28. The summed E-state index contributed by atoms with van der Waals surface area (Å²) in [6.07, 6.45) is 1.87. The lowest BCUT2D eigenvalue weighted by molar-refractivity contribution is -0.0777. The Labute approximate surface area is 66.1 Å². The molecular weight excluding hydrogens is 150 g/mol. The third-order valence-corrected chi connectivity index (χ3v) is 1.76. The van der Waals surface area contributed by atoms with E-state index in [1.165, 1.54) is 5.54 Å². The number of nitrogens with zero attached hydrogens (tertiary/aromatic N) is 1. The Balaban J connectivity index is 2.15. The number of halogens is 1. The summed E-state index contributed by atoms with van der Waals surface area (Å²) in [7, 11) is 0. The highest BCUT2D eigenvalue weighted by Gasteiger charge is 2.35. The highest BCUT2D eigenvalue weighted by atomic mass is 35.5. The van der Waals surface area contributed by atoms with Crippen molar-refractivity contribution in [3.8, 4) is 0 Å². The first-order valence-corrected chi connectivity index (χ1v) is 3.78. The van der Waals surface area contributed by atoms with E-state index in [9.17, 15) is 5.11 Å². The van der Waals surface area contributed by atoms with Gasteiger partial charge in [0.2, 0.25) is 0 Å². The molecular formula is C7H12ClNO. The highest BCUT2D eigenvalue weighted by Crippen LogP contribution is 2.18. The van der Waals surface area contributed by atoms with Crippen LogP contribution in [0.3, 0.4) is 0 Å². The largest absolute Gasteiger partial charge is 0.388 e. The third-order valence-electron chi connectivity index (χ3n) is 1.58. The molecule has 58 valence electrons. The molecule has 0 radical (unpaired) electrons. The third kappa shape index (κ3) is 1.97. The van der Waals surface area contributed by atoms with Gasteiger partial charge in [-0.2, -0.15) is 0 Å². The second-order valence-corrected chi connectivity index (χ2v) is 3.28. The van der Waals surface area contributed by atoms with Gasteiger partial charge in [0, 0.05) is 25.2 Å². The number of hydrogen-bond acceptors (Lipinski definition) is 2. The van der Waals surface area contributed by atoms with E-state index in [1.807, 2.05) is 13.0 Å². The molecule has 1 heterocycles. The van der Waals surface area contributed by atoms with Gasteiger partial charge in [-0.1, -0.05) is 17.7 Å². The van der Waals surface area contributed by atoms with E-state index in [0.717, 1.165) is 19.6 Å². The predicted molar refractivity (Wildman–Crippen MR) is 42.1 cm³/mol. The lowest BCUT2D eigenvalue weighted by atomic mass is 9.97. The topological polar surface area (TPSA) is 23.5 Å². The predicted octanol–water partition coefficient (Wildman–Crippen LogP) is 0.806. The molecule has 1 fully saturated rings. The van der Waals surface area contributed by atoms with Gasteiger partial charge in [-0.25, -0.2) is 0 Å². The molecule has 0 unspecified atom stereocenters. The van der Waals surface area contributed by atoms with Crippen molar-refractivity contribution in [2.75, 3.05) is 19.6 Å². The van der Waals surface area contributed by atoms with Crippen molar-refractivity contribution >= 4 is 11.6 Å². The molecule has 0 aromatic rings. The summed E-state index contributed by atoms with van der Waals surface area (Å²) in [6, 6.07) is 0. The van der Waals surface area contributed by atoms with E-state index in [2.05, 4.69) is 4.90 Å². The van der Waals surface area contributed by atoms with Gasteiger partial charge in [0.05, 0.1) is 5.60 Å². The zero-order valence-corrected chi connectivity index (χ0v) is 6.80. The number of β-amino-alcohol motifs (C(OH)–C–C–N with tert-alkyl or cyclic N) is 1. The van der Waals surface area contributed by atoms with Crippen molar-refractivity contribution in [3.05, 3.63) is 11.6 Å². The smallest absolute Gasteiger partial charge is 0.0872 e. The van der Waals surface area contributed by atoms with Gasteiger partial charge in [-0.3, -0.25) is 4.90 Å². The van der Waals surface area contributed by atoms with Crippen LogP contribution in [0.5, 0.6) is 0 Å². The van der Waals surface area contributed by atoms with Gasteiger partial charge >= 0.3 is 0 Å². The molecule has 0 aromatic carbocycles. The van der Waals surface area contributed by atoms with E-state index in [0.29, 0.717) is 0 Å². The molecule has 1 aliphatic rings. The maximum atomic E-state index is 9.28. The maximum Gasteiger partial charge on any atom is 0.0872 e. The monoisotopic (exact) mass is 161 g/mol. The van der Waals surface area contributed by atoms with Gasteiger partial charge < -0.3 is 5.11 Å². The Morgan fingerprint density at radius 3 is 2.70 bits per heavy atom. The summed E-state index contributed by atoms with van der Waals surface area (Å²) >= 11 is 5.33. The molecule has 0 saturated carbocycles. The molecule has 3 heteroatoms. The van der Waals surface area contributed by atoms with Crippen LogP contribution in [-0.2, 0) is 0 Å². The van der Waals surface area contributed by atoms with Crippen LogP contribution in [-0.4, -0.2) is 35.2 Å². The summed E-state index contributed by atoms with van der Waals surface area (Å²) in [5.74, 6) is 0. The van der Waals surface area contributed by atoms with Crippen LogP contribution in [0.4, 0.5) is 0 Å². The molecule has 10 heavy (non-hydrogen) atoms. The first-order valence-electron chi connectivity index (χ1n) is 3.34. The SMILES string of the molecule is CC1(O)CN(C/C=C/Cl)C1. The fourth-order valence-electron chi connectivity index (χ4n) is 1.24. The van der Waals surface area contributed by atoms with Crippen molar-refractivity contribution < 1.29 is 5.11 Å². The lowest BCUT2D eigenvalue weighted by Crippen LogP contribution is -2.59. The van der Waals surface area contributed by atoms with Crippen molar-refractivity contribution in [2.45, 2.75) is 12.5 Å². The average Bonchev–Trinajstić information content (AvgIpc) is 1.78. The first-order chi connectivity index (χ1) is 4.64. The van der Waals surface area contributed by atoms with Crippen LogP contribution in [0.1, 0.15) is 6.92 Å². The maximum absolute atomic E-state index is 9.28. The molecule has 0 aliphatic carbocycles. The van der Waals surface area contributed by atoms with Crippen LogP contribution in [0.15, 0.2) is 11.6 Å². The van der Waals surface area contributed by atoms with Crippen LogP contribution in [0.25, 0.3) is 0 Å². The molecule has 0 spiro atoms. The first kappa shape index (κ1) is 8.05. The molecule has 0 aromatic heterocycles. The normalized spacial score (nSPS) is 25.1. The molecule has 0 bridgehead atoms. The van der Waals surface area contributed by atoms with Gasteiger partial charge in [0.1, 0.15) is 0 Å². The highest BCUT2D eigenvalue weighted by molar-refractivity contribution is 6.25. The van der Waals surface area contributed by atoms with Crippen molar-refractivity contribution in [2.24, 2.45) is 0 Å². The number of likely N-dealkylation sites (tertiary alicyclic amines) is 1. The Morgan fingerprint density at radius 2 is 2.30 bits per heavy atom. The van der Waals surface area contributed by atoms with Crippen LogP contribution >= 0.6 is 11.6 Å². The van der Waals surface area contributed by atoms with Gasteiger partial charge in [0.15, 0.2) is 0 Å². The molecule has 1 saturated heterocycles. The van der Waals surface area contributed by atoms with Crippen molar-refractivity contribution in [1.29, 1.82) is 0 Å². The minimum absolute atomic E-state index is 0.458. The number of aliphatic hydroxyl groups is 1. The molecule has 2 nitrogen and oxygen atoms in total. The fraction of sp³-hybridized carbons (Fsp3) is 0.714. The Morgan fingerprint density at radius 1 is 1.70 bits per heavy atom. The molecule has 0 atom stereocenters. The molecule has 1 N–H and O–H groups in total.